The lowest BCUT2D eigenvalue weighted by molar-refractivity contribution is -0.145. The Morgan fingerprint density at radius 1 is 1.32 bits per heavy atom. The molecule has 106 valence electrons. The highest BCUT2D eigenvalue weighted by atomic mass is 19.2. The molecule has 0 saturated carbocycles. The zero-order chi connectivity index (χ0) is 14.4. The highest BCUT2D eigenvalue weighted by molar-refractivity contribution is 5.70. The number of rotatable bonds is 6. The van der Waals surface area contributed by atoms with Gasteiger partial charge in [0.2, 0.25) is 0 Å². The minimum atomic E-state index is -1.30. The van der Waals surface area contributed by atoms with E-state index in [1.54, 1.807) is 6.92 Å². The highest BCUT2D eigenvalue weighted by Gasteiger charge is 2.14. The minimum absolute atomic E-state index is 0.191. The van der Waals surface area contributed by atoms with Gasteiger partial charge in [0.1, 0.15) is 5.82 Å². The Bertz CT molecular complexity index is 454. The second-order valence-corrected chi connectivity index (χ2v) is 3.79. The molecule has 19 heavy (non-hydrogen) atoms. The quantitative estimate of drug-likeness (QED) is 0.615. The molecule has 0 heterocycles. The van der Waals surface area contributed by atoms with Crippen molar-refractivity contribution in [2.75, 3.05) is 18.5 Å². The average Bonchev–Trinajstić information content (AvgIpc) is 2.32. The van der Waals surface area contributed by atoms with E-state index in [0.717, 1.165) is 0 Å². The topological polar surface area (TPSA) is 58.6 Å². The summed E-state index contributed by atoms with van der Waals surface area (Å²) >= 11 is 0. The van der Waals surface area contributed by atoms with Crippen molar-refractivity contribution in [2.24, 2.45) is 0 Å². The molecule has 0 amide bonds. The minimum Gasteiger partial charge on any atom is -0.466 e. The predicted octanol–water partition coefficient (Wildman–Crippen LogP) is 1.83. The zero-order valence-electron chi connectivity index (χ0n) is 10.3. The van der Waals surface area contributed by atoms with Crippen molar-refractivity contribution in [2.45, 2.75) is 19.4 Å². The third kappa shape index (κ3) is 4.78. The van der Waals surface area contributed by atoms with E-state index in [-0.39, 0.29) is 25.3 Å². The Balaban J connectivity index is 2.52. The largest absolute Gasteiger partial charge is 0.466 e. The van der Waals surface area contributed by atoms with Crippen LogP contribution in [0.15, 0.2) is 12.1 Å². The number of halogens is 3. The lowest BCUT2D eigenvalue weighted by atomic mass is 10.2. The van der Waals surface area contributed by atoms with Gasteiger partial charge in [-0.25, -0.2) is 13.2 Å². The number of nitrogens with one attached hydrogen (secondary N) is 1. The van der Waals surface area contributed by atoms with E-state index < -0.39 is 29.5 Å². The summed E-state index contributed by atoms with van der Waals surface area (Å²) in [5.41, 5.74) is -0.290. The van der Waals surface area contributed by atoms with E-state index in [4.69, 9.17) is 0 Å². The SMILES string of the molecule is CCOC(=O)CC(O)CNc1cc(F)c(F)cc1F. The summed E-state index contributed by atoms with van der Waals surface area (Å²) in [4.78, 5) is 11.0. The van der Waals surface area contributed by atoms with E-state index in [1.165, 1.54) is 0 Å². The molecule has 1 atom stereocenters. The number of esters is 1. The van der Waals surface area contributed by atoms with Gasteiger partial charge in [0.25, 0.3) is 0 Å². The van der Waals surface area contributed by atoms with Crippen LogP contribution in [0.5, 0.6) is 0 Å². The van der Waals surface area contributed by atoms with Crippen LogP contribution in [0.25, 0.3) is 0 Å². The van der Waals surface area contributed by atoms with Crippen LogP contribution in [0, 0.1) is 17.5 Å². The number of hydrogen-bond acceptors (Lipinski definition) is 4. The third-order valence-electron chi connectivity index (χ3n) is 2.25. The van der Waals surface area contributed by atoms with Crippen LogP contribution in [0.2, 0.25) is 0 Å². The van der Waals surface area contributed by atoms with Gasteiger partial charge < -0.3 is 15.2 Å². The van der Waals surface area contributed by atoms with Crippen LogP contribution >= 0.6 is 0 Å². The monoisotopic (exact) mass is 277 g/mol. The molecule has 0 spiro atoms. The summed E-state index contributed by atoms with van der Waals surface area (Å²) < 4.78 is 43.4. The Labute approximate surface area is 108 Å². The summed E-state index contributed by atoms with van der Waals surface area (Å²) in [5, 5.41) is 11.9. The number of carbonyl (C=O) groups excluding carboxylic acids is 1. The predicted molar refractivity (Wildman–Crippen MR) is 62.1 cm³/mol. The molecule has 2 N–H and O–H groups in total. The summed E-state index contributed by atoms with van der Waals surface area (Å²) in [6.45, 7) is 1.62. The lowest BCUT2D eigenvalue weighted by Gasteiger charge is -2.13. The van der Waals surface area contributed by atoms with Crippen molar-refractivity contribution < 1.29 is 27.8 Å². The fourth-order valence-electron chi connectivity index (χ4n) is 1.37. The molecule has 0 bridgehead atoms. The number of ether oxygens (including phenoxy) is 1. The van der Waals surface area contributed by atoms with Crippen LogP contribution in [-0.2, 0) is 9.53 Å². The third-order valence-corrected chi connectivity index (χ3v) is 2.25. The van der Waals surface area contributed by atoms with Crippen molar-refractivity contribution in [3.63, 3.8) is 0 Å². The fourth-order valence-corrected chi connectivity index (χ4v) is 1.37. The van der Waals surface area contributed by atoms with Gasteiger partial charge in [-0.05, 0) is 6.92 Å². The van der Waals surface area contributed by atoms with Crippen LogP contribution in [0.1, 0.15) is 13.3 Å². The Kier molecular flexibility index (Phi) is 5.62. The molecule has 0 aliphatic carbocycles. The number of anilines is 1. The van der Waals surface area contributed by atoms with Gasteiger partial charge in [0.05, 0.1) is 24.8 Å². The second kappa shape index (κ2) is 6.98. The molecule has 1 aromatic carbocycles. The Morgan fingerprint density at radius 3 is 2.58 bits per heavy atom. The van der Waals surface area contributed by atoms with Crippen molar-refractivity contribution in [3.05, 3.63) is 29.6 Å². The summed E-state index contributed by atoms with van der Waals surface area (Å²) in [6, 6.07) is 1.04. The maximum atomic E-state index is 13.2. The van der Waals surface area contributed by atoms with Crippen LogP contribution in [0.3, 0.4) is 0 Å². The molecule has 7 heteroatoms. The first-order valence-corrected chi connectivity index (χ1v) is 5.66. The molecule has 0 aliphatic rings. The second-order valence-electron chi connectivity index (χ2n) is 3.79. The fraction of sp³-hybridized carbons (Fsp3) is 0.417. The molecule has 1 unspecified atom stereocenters. The van der Waals surface area contributed by atoms with Gasteiger partial charge in [0, 0.05) is 18.7 Å². The molecular weight excluding hydrogens is 263 g/mol. The van der Waals surface area contributed by atoms with Gasteiger partial charge in [0.15, 0.2) is 11.6 Å². The van der Waals surface area contributed by atoms with E-state index in [2.05, 4.69) is 10.1 Å². The molecule has 1 rings (SSSR count). The molecule has 0 aromatic heterocycles. The molecule has 0 saturated heterocycles. The zero-order valence-corrected chi connectivity index (χ0v) is 10.3. The highest BCUT2D eigenvalue weighted by Crippen LogP contribution is 2.18. The number of aliphatic hydroxyl groups excluding tert-OH is 1. The Hall–Kier alpha value is -1.76. The van der Waals surface area contributed by atoms with Crippen LogP contribution in [0.4, 0.5) is 18.9 Å². The number of aliphatic hydroxyl groups is 1. The maximum Gasteiger partial charge on any atom is 0.308 e. The first-order chi connectivity index (χ1) is 8.93. The first kappa shape index (κ1) is 15.3. The molecule has 4 nitrogen and oxygen atoms in total. The van der Waals surface area contributed by atoms with Crippen molar-refractivity contribution in [1.29, 1.82) is 0 Å². The van der Waals surface area contributed by atoms with Crippen LogP contribution < -0.4 is 5.32 Å². The van der Waals surface area contributed by atoms with Crippen molar-refractivity contribution in [1.82, 2.24) is 0 Å². The van der Waals surface area contributed by atoms with E-state index >= 15 is 0 Å². The van der Waals surface area contributed by atoms with E-state index in [1.807, 2.05) is 0 Å². The van der Waals surface area contributed by atoms with Gasteiger partial charge in [-0.15, -0.1) is 0 Å². The maximum absolute atomic E-state index is 13.2. The molecule has 0 aliphatic heterocycles. The molecule has 1 aromatic rings. The molecule has 0 fully saturated rings. The van der Waals surface area contributed by atoms with Gasteiger partial charge in [-0.2, -0.15) is 0 Å². The van der Waals surface area contributed by atoms with Crippen molar-refractivity contribution in [3.8, 4) is 0 Å². The average molecular weight is 277 g/mol. The normalized spacial score (nSPS) is 12.1. The van der Waals surface area contributed by atoms with Gasteiger partial charge >= 0.3 is 5.97 Å². The number of hydrogen-bond donors (Lipinski definition) is 2. The summed E-state index contributed by atoms with van der Waals surface area (Å²) in [6.07, 6.45) is -1.39. The van der Waals surface area contributed by atoms with Crippen molar-refractivity contribution >= 4 is 11.7 Å². The standard InChI is InChI=1S/C12H14F3NO3/c1-2-19-12(18)3-7(17)6-16-11-5-9(14)8(13)4-10(11)15/h4-5,7,16-17H,2-3,6H2,1H3. The summed E-state index contributed by atoms with van der Waals surface area (Å²) in [7, 11) is 0. The smallest absolute Gasteiger partial charge is 0.308 e. The first-order valence-electron chi connectivity index (χ1n) is 5.66. The number of benzene rings is 1. The Morgan fingerprint density at radius 2 is 1.95 bits per heavy atom. The van der Waals surface area contributed by atoms with Gasteiger partial charge in [-0.3, -0.25) is 4.79 Å². The lowest BCUT2D eigenvalue weighted by Crippen LogP contribution is -2.24. The number of carbonyl (C=O) groups is 1. The van der Waals surface area contributed by atoms with E-state index in [9.17, 15) is 23.1 Å². The van der Waals surface area contributed by atoms with E-state index in [0.29, 0.717) is 12.1 Å². The van der Waals surface area contributed by atoms with Gasteiger partial charge in [-0.1, -0.05) is 0 Å². The molecular formula is C12H14F3NO3. The summed E-state index contributed by atoms with van der Waals surface area (Å²) in [5.74, 6) is -4.08. The van der Waals surface area contributed by atoms with Crippen LogP contribution in [-0.4, -0.2) is 30.3 Å². The molecule has 0 radical (unpaired) electrons.